The number of nitrogens with zero attached hydrogens (tertiary/aromatic N) is 5. The van der Waals surface area contributed by atoms with Gasteiger partial charge in [-0.05, 0) is 44.9 Å². The predicted octanol–water partition coefficient (Wildman–Crippen LogP) is 3.66. The number of ether oxygens (including phenoxy) is 1. The van der Waals surface area contributed by atoms with E-state index in [1.54, 1.807) is 0 Å². The standard InChI is InChI=1S/C21H38N6O.HI/c1-4-5-12-22-21(23-15-20-25-24-17(2)26(20)3)27-13-10-19(11-14-27)28-16-18-8-6-7-9-18;/h18-19H,4-16H2,1-3H3,(H,22,23);1H. The molecular weight excluding hydrogens is 479 g/mol. The van der Waals surface area contributed by atoms with Crippen LogP contribution in [0.1, 0.15) is 69.9 Å². The van der Waals surface area contributed by atoms with E-state index >= 15 is 0 Å². The molecule has 1 aliphatic heterocycles. The molecule has 29 heavy (non-hydrogen) atoms. The smallest absolute Gasteiger partial charge is 0.194 e. The first-order chi connectivity index (χ1) is 13.7. The first kappa shape index (κ1) is 24.4. The van der Waals surface area contributed by atoms with Crippen molar-refractivity contribution in [1.29, 1.82) is 0 Å². The van der Waals surface area contributed by atoms with E-state index in [-0.39, 0.29) is 24.0 Å². The lowest BCUT2D eigenvalue weighted by Crippen LogP contribution is -2.47. The van der Waals surface area contributed by atoms with Crippen LogP contribution in [-0.2, 0) is 18.3 Å². The maximum absolute atomic E-state index is 6.23. The van der Waals surface area contributed by atoms with Crippen molar-refractivity contribution in [2.24, 2.45) is 18.0 Å². The molecule has 2 aliphatic rings. The molecule has 0 unspecified atom stereocenters. The summed E-state index contributed by atoms with van der Waals surface area (Å²) in [7, 11) is 2.00. The molecule has 2 fully saturated rings. The van der Waals surface area contributed by atoms with Gasteiger partial charge in [0.05, 0.1) is 6.10 Å². The molecule has 1 saturated heterocycles. The number of guanidine groups is 1. The van der Waals surface area contributed by atoms with Gasteiger partial charge in [0, 0.05) is 33.3 Å². The van der Waals surface area contributed by atoms with E-state index in [1.165, 1.54) is 32.1 Å². The number of aryl methyl sites for hydroxylation is 1. The summed E-state index contributed by atoms with van der Waals surface area (Å²) in [5, 5.41) is 11.9. The van der Waals surface area contributed by atoms with Gasteiger partial charge < -0.3 is 19.5 Å². The zero-order valence-electron chi connectivity index (χ0n) is 18.4. The highest BCUT2D eigenvalue weighted by molar-refractivity contribution is 14.0. The second-order valence-electron chi connectivity index (χ2n) is 8.31. The minimum Gasteiger partial charge on any atom is -0.378 e. The minimum atomic E-state index is 0. The zero-order chi connectivity index (χ0) is 19.8. The van der Waals surface area contributed by atoms with Crippen molar-refractivity contribution >= 4 is 29.9 Å². The molecule has 2 heterocycles. The Bertz CT molecular complexity index is 621. The molecule has 8 heteroatoms. The molecule has 0 spiro atoms. The van der Waals surface area contributed by atoms with Gasteiger partial charge in [-0.3, -0.25) is 0 Å². The van der Waals surface area contributed by atoms with Gasteiger partial charge >= 0.3 is 0 Å². The first-order valence-corrected chi connectivity index (χ1v) is 11.2. The fraction of sp³-hybridized carbons (Fsp3) is 0.857. The molecule has 1 aromatic heterocycles. The van der Waals surface area contributed by atoms with Crippen molar-refractivity contribution in [2.75, 3.05) is 26.2 Å². The second-order valence-corrected chi connectivity index (χ2v) is 8.31. The van der Waals surface area contributed by atoms with Crippen LogP contribution in [0.4, 0.5) is 0 Å². The Morgan fingerprint density at radius 2 is 1.90 bits per heavy atom. The normalized spacial score (nSPS) is 18.9. The molecule has 1 aromatic rings. The average Bonchev–Trinajstić information content (AvgIpc) is 3.34. The number of hydrogen-bond donors (Lipinski definition) is 1. The molecule has 0 aromatic carbocycles. The van der Waals surface area contributed by atoms with Crippen LogP contribution in [0.5, 0.6) is 0 Å². The van der Waals surface area contributed by atoms with E-state index in [0.717, 1.165) is 69.0 Å². The summed E-state index contributed by atoms with van der Waals surface area (Å²) in [6, 6.07) is 0. The van der Waals surface area contributed by atoms with Crippen LogP contribution < -0.4 is 5.32 Å². The van der Waals surface area contributed by atoms with E-state index in [2.05, 4.69) is 27.3 Å². The summed E-state index contributed by atoms with van der Waals surface area (Å²) in [6.45, 7) is 8.68. The number of hydrogen-bond acceptors (Lipinski definition) is 4. The molecular formula is C21H39IN6O. The van der Waals surface area contributed by atoms with Gasteiger partial charge in [-0.15, -0.1) is 34.2 Å². The molecule has 1 N–H and O–H groups in total. The fourth-order valence-corrected chi connectivity index (χ4v) is 4.06. The largest absolute Gasteiger partial charge is 0.378 e. The summed E-state index contributed by atoms with van der Waals surface area (Å²) in [5.74, 6) is 3.64. The molecule has 3 rings (SSSR count). The molecule has 7 nitrogen and oxygen atoms in total. The quantitative estimate of drug-likeness (QED) is 0.246. The number of unbranched alkanes of at least 4 members (excludes halogenated alkanes) is 1. The van der Waals surface area contributed by atoms with E-state index in [1.807, 2.05) is 18.5 Å². The zero-order valence-corrected chi connectivity index (χ0v) is 20.7. The Kier molecular flexibility index (Phi) is 10.7. The first-order valence-electron chi connectivity index (χ1n) is 11.2. The molecule has 0 atom stereocenters. The minimum absolute atomic E-state index is 0. The highest BCUT2D eigenvalue weighted by Crippen LogP contribution is 2.26. The topological polar surface area (TPSA) is 67.6 Å². The molecule has 0 radical (unpaired) electrons. The third kappa shape index (κ3) is 7.38. The molecule has 166 valence electrons. The number of halogens is 1. The van der Waals surface area contributed by atoms with Crippen LogP contribution in [-0.4, -0.2) is 58.0 Å². The third-order valence-corrected chi connectivity index (χ3v) is 6.15. The second kappa shape index (κ2) is 12.7. The van der Waals surface area contributed by atoms with Crippen LogP contribution in [0.25, 0.3) is 0 Å². The SMILES string of the molecule is CCCCNC(=NCc1nnc(C)n1C)N1CCC(OCC2CCCC2)CC1.I. The summed E-state index contributed by atoms with van der Waals surface area (Å²) < 4.78 is 8.24. The number of nitrogens with one attached hydrogen (secondary N) is 1. The molecule has 1 saturated carbocycles. The molecule has 1 aliphatic carbocycles. The van der Waals surface area contributed by atoms with Crippen molar-refractivity contribution in [3.05, 3.63) is 11.6 Å². The van der Waals surface area contributed by atoms with Crippen molar-refractivity contribution in [2.45, 2.75) is 77.9 Å². The molecule has 0 bridgehead atoms. The lowest BCUT2D eigenvalue weighted by atomic mass is 10.1. The Labute approximate surface area is 193 Å². The third-order valence-electron chi connectivity index (χ3n) is 6.15. The number of aliphatic imine (C=N–C) groups is 1. The summed E-state index contributed by atoms with van der Waals surface area (Å²) in [5.41, 5.74) is 0. The van der Waals surface area contributed by atoms with Gasteiger partial charge in [-0.1, -0.05) is 26.2 Å². The number of rotatable bonds is 8. The van der Waals surface area contributed by atoms with Gasteiger partial charge in [0.2, 0.25) is 0 Å². The summed E-state index contributed by atoms with van der Waals surface area (Å²) in [4.78, 5) is 7.25. The highest BCUT2D eigenvalue weighted by Gasteiger charge is 2.24. The lowest BCUT2D eigenvalue weighted by Gasteiger charge is -2.34. The van der Waals surface area contributed by atoms with E-state index in [9.17, 15) is 0 Å². The van der Waals surface area contributed by atoms with Gasteiger partial charge in [0.15, 0.2) is 11.8 Å². The van der Waals surface area contributed by atoms with Crippen molar-refractivity contribution in [3.63, 3.8) is 0 Å². The Morgan fingerprint density at radius 1 is 1.17 bits per heavy atom. The van der Waals surface area contributed by atoms with Crippen LogP contribution in [0.3, 0.4) is 0 Å². The van der Waals surface area contributed by atoms with Crippen molar-refractivity contribution in [1.82, 2.24) is 25.0 Å². The maximum atomic E-state index is 6.23. The monoisotopic (exact) mass is 518 g/mol. The van der Waals surface area contributed by atoms with E-state index < -0.39 is 0 Å². The summed E-state index contributed by atoms with van der Waals surface area (Å²) >= 11 is 0. The van der Waals surface area contributed by atoms with Gasteiger partial charge in [0.1, 0.15) is 12.4 Å². The average molecular weight is 518 g/mol. The van der Waals surface area contributed by atoms with Crippen LogP contribution in [0.15, 0.2) is 4.99 Å². The van der Waals surface area contributed by atoms with Gasteiger partial charge in [0.25, 0.3) is 0 Å². The Morgan fingerprint density at radius 3 is 2.52 bits per heavy atom. The molecule has 0 amide bonds. The predicted molar refractivity (Wildman–Crippen MR) is 128 cm³/mol. The lowest BCUT2D eigenvalue weighted by molar-refractivity contribution is 0.000996. The fourth-order valence-electron chi connectivity index (χ4n) is 4.06. The van der Waals surface area contributed by atoms with Crippen molar-refractivity contribution < 1.29 is 4.74 Å². The van der Waals surface area contributed by atoms with E-state index in [0.29, 0.717) is 12.6 Å². The van der Waals surface area contributed by atoms with Gasteiger partial charge in [-0.2, -0.15) is 0 Å². The summed E-state index contributed by atoms with van der Waals surface area (Å²) in [6.07, 6.45) is 10.4. The number of aromatic nitrogens is 3. The number of likely N-dealkylation sites (tertiary alicyclic amines) is 1. The van der Waals surface area contributed by atoms with Crippen molar-refractivity contribution in [3.8, 4) is 0 Å². The Balaban J connectivity index is 0.00000300. The van der Waals surface area contributed by atoms with Gasteiger partial charge in [-0.25, -0.2) is 4.99 Å². The van der Waals surface area contributed by atoms with Crippen LogP contribution in [0, 0.1) is 12.8 Å². The van der Waals surface area contributed by atoms with Crippen LogP contribution >= 0.6 is 24.0 Å². The van der Waals surface area contributed by atoms with E-state index in [4.69, 9.17) is 9.73 Å². The maximum Gasteiger partial charge on any atom is 0.194 e. The van der Waals surface area contributed by atoms with Crippen LogP contribution in [0.2, 0.25) is 0 Å². The highest BCUT2D eigenvalue weighted by atomic mass is 127. The number of piperidine rings is 1. The Hall–Kier alpha value is -0.900.